The fourth-order valence-corrected chi connectivity index (χ4v) is 2.63. The Morgan fingerprint density at radius 1 is 1.08 bits per heavy atom. The van der Waals surface area contributed by atoms with Gasteiger partial charge in [-0.05, 0) is 29.8 Å². The van der Waals surface area contributed by atoms with Crippen LogP contribution in [0.2, 0.25) is 0 Å². The lowest BCUT2D eigenvalue weighted by molar-refractivity contribution is 0.394. The minimum Gasteiger partial charge on any atom is -0.339 e. The predicted octanol–water partition coefficient (Wildman–Crippen LogP) is 2.71. The summed E-state index contributed by atoms with van der Waals surface area (Å²) in [5.41, 5.74) is 3.14. The largest absolute Gasteiger partial charge is 0.339 e. The average Bonchev–Trinajstić information content (AvgIpc) is 3.11. The number of aryl methyl sites for hydroxylation is 1. The van der Waals surface area contributed by atoms with Crippen LogP contribution in [0.1, 0.15) is 11.5 Å². The molecule has 26 heavy (non-hydrogen) atoms. The van der Waals surface area contributed by atoms with E-state index in [4.69, 9.17) is 4.52 Å². The molecular formula is C19H15N5O2. The van der Waals surface area contributed by atoms with Gasteiger partial charge in [0.2, 0.25) is 11.7 Å². The van der Waals surface area contributed by atoms with Crippen LogP contribution < -0.4 is 5.56 Å². The first-order valence-electron chi connectivity index (χ1n) is 8.07. The van der Waals surface area contributed by atoms with Crippen LogP contribution in [0.4, 0.5) is 0 Å². The number of hydrogen-bond acceptors (Lipinski definition) is 6. The van der Waals surface area contributed by atoms with Crippen LogP contribution in [0.15, 0.2) is 70.2 Å². The first kappa shape index (κ1) is 15.9. The van der Waals surface area contributed by atoms with Gasteiger partial charge in [-0.1, -0.05) is 23.4 Å². The lowest BCUT2D eigenvalue weighted by Crippen LogP contribution is -2.22. The van der Waals surface area contributed by atoms with Crippen molar-refractivity contribution < 1.29 is 4.52 Å². The van der Waals surface area contributed by atoms with Crippen LogP contribution in [0, 0.1) is 6.92 Å². The third-order valence-electron chi connectivity index (χ3n) is 3.87. The molecule has 0 amide bonds. The second-order valence-corrected chi connectivity index (χ2v) is 5.79. The van der Waals surface area contributed by atoms with Gasteiger partial charge in [-0.2, -0.15) is 10.1 Å². The summed E-state index contributed by atoms with van der Waals surface area (Å²) in [6.45, 7) is 2.09. The molecule has 0 aliphatic rings. The highest BCUT2D eigenvalue weighted by Crippen LogP contribution is 2.18. The molecule has 4 rings (SSSR count). The minimum atomic E-state index is -0.168. The summed E-state index contributed by atoms with van der Waals surface area (Å²) in [5.74, 6) is 1.03. The molecule has 0 N–H and O–H groups in total. The maximum absolute atomic E-state index is 12.2. The van der Waals surface area contributed by atoms with Gasteiger partial charge in [0.25, 0.3) is 5.56 Å². The van der Waals surface area contributed by atoms with Crippen molar-refractivity contribution in [2.45, 2.75) is 13.5 Å². The van der Waals surface area contributed by atoms with Crippen molar-refractivity contribution in [2.24, 2.45) is 0 Å². The smallest absolute Gasteiger partial charge is 0.267 e. The summed E-state index contributed by atoms with van der Waals surface area (Å²) in [6, 6.07) is 14.6. The van der Waals surface area contributed by atoms with E-state index in [1.165, 1.54) is 10.7 Å². The Hall–Kier alpha value is -3.61. The molecule has 0 saturated carbocycles. The van der Waals surface area contributed by atoms with Crippen molar-refractivity contribution in [3.05, 3.63) is 82.7 Å². The minimum absolute atomic E-state index is 0.168. The molecule has 4 aromatic rings. The highest BCUT2D eigenvalue weighted by Gasteiger charge is 2.08. The molecule has 0 aliphatic carbocycles. The molecule has 7 heteroatoms. The van der Waals surface area contributed by atoms with Gasteiger partial charge in [-0.3, -0.25) is 9.78 Å². The molecule has 0 spiro atoms. The van der Waals surface area contributed by atoms with Crippen molar-refractivity contribution in [3.8, 4) is 22.6 Å². The summed E-state index contributed by atoms with van der Waals surface area (Å²) in [6.07, 6.45) is 3.42. The Bertz CT molecular complexity index is 1100. The highest BCUT2D eigenvalue weighted by atomic mass is 16.5. The van der Waals surface area contributed by atoms with Crippen LogP contribution in [-0.4, -0.2) is 24.9 Å². The van der Waals surface area contributed by atoms with Crippen LogP contribution in [0.5, 0.6) is 0 Å². The zero-order valence-electron chi connectivity index (χ0n) is 14.0. The van der Waals surface area contributed by atoms with Crippen molar-refractivity contribution in [1.29, 1.82) is 0 Å². The summed E-state index contributed by atoms with van der Waals surface area (Å²) >= 11 is 0. The first-order valence-corrected chi connectivity index (χ1v) is 8.07. The predicted molar refractivity (Wildman–Crippen MR) is 95.3 cm³/mol. The fraction of sp³-hybridized carbons (Fsp3) is 0.105. The molecule has 0 bridgehead atoms. The van der Waals surface area contributed by atoms with Crippen molar-refractivity contribution in [2.75, 3.05) is 0 Å². The molecule has 3 aromatic heterocycles. The van der Waals surface area contributed by atoms with E-state index in [2.05, 4.69) is 20.2 Å². The Morgan fingerprint density at radius 2 is 1.96 bits per heavy atom. The van der Waals surface area contributed by atoms with E-state index in [9.17, 15) is 4.79 Å². The average molecular weight is 345 g/mol. The highest BCUT2D eigenvalue weighted by molar-refractivity contribution is 5.57. The topological polar surface area (TPSA) is 86.7 Å². The van der Waals surface area contributed by atoms with E-state index in [0.29, 0.717) is 24.0 Å². The summed E-state index contributed by atoms with van der Waals surface area (Å²) in [4.78, 5) is 20.5. The molecule has 0 fully saturated rings. The third-order valence-corrected chi connectivity index (χ3v) is 3.87. The molecule has 3 heterocycles. The Balaban J connectivity index is 1.66. The Morgan fingerprint density at radius 3 is 2.73 bits per heavy atom. The van der Waals surface area contributed by atoms with E-state index in [1.54, 1.807) is 25.4 Å². The van der Waals surface area contributed by atoms with E-state index < -0.39 is 0 Å². The van der Waals surface area contributed by atoms with Crippen LogP contribution in [-0.2, 0) is 6.54 Å². The van der Waals surface area contributed by atoms with Gasteiger partial charge in [-0.25, -0.2) is 4.68 Å². The van der Waals surface area contributed by atoms with E-state index in [0.717, 1.165) is 16.7 Å². The van der Waals surface area contributed by atoms with Gasteiger partial charge in [0.15, 0.2) is 0 Å². The van der Waals surface area contributed by atoms with Gasteiger partial charge in [0.05, 0.1) is 12.2 Å². The van der Waals surface area contributed by atoms with Gasteiger partial charge >= 0.3 is 0 Å². The lowest BCUT2D eigenvalue weighted by Gasteiger charge is -2.08. The zero-order chi connectivity index (χ0) is 17.9. The third kappa shape index (κ3) is 3.27. The molecular weight excluding hydrogens is 330 g/mol. The standard InChI is InChI=1S/C19H15N5O2/c1-13-21-19(23-26-13)15-5-2-4-14(10-15)12-24-18(25)8-7-17(22-24)16-6-3-9-20-11-16/h2-11H,12H2,1H3. The molecule has 0 aliphatic heterocycles. The van der Waals surface area contributed by atoms with Gasteiger partial charge < -0.3 is 4.52 Å². The summed E-state index contributed by atoms with van der Waals surface area (Å²) in [5, 5.41) is 8.39. The number of benzene rings is 1. The number of nitrogens with zero attached hydrogens (tertiary/aromatic N) is 5. The van der Waals surface area contributed by atoms with Crippen molar-refractivity contribution in [1.82, 2.24) is 24.9 Å². The first-order chi connectivity index (χ1) is 12.7. The molecule has 0 atom stereocenters. The van der Waals surface area contributed by atoms with E-state index in [1.807, 2.05) is 36.4 Å². The number of rotatable bonds is 4. The SMILES string of the molecule is Cc1nc(-c2cccc(Cn3nc(-c4cccnc4)ccc3=O)c2)no1. The molecule has 0 unspecified atom stereocenters. The van der Waals surface area contributed by atoms with Crippen molar-refractivity contribution >= 4 is 0 Å². The molecule has 7 nitrogen and oxygen atoms in total. The Labute approximate surface area is 149 Å². The van der Waals surface area contributed by atoms with Gasteiger partial charge in [0.1, 0.15) is 0 Å². The van der Waals surface area contributed by atoms with E-state index in [-0.39, 0.29) is 5.56 Å². The molecule has 0 saturated heterocycles. The second-order valence-electron chi connectivity index (χ2n) is 5.79. The summed E-state index contributed by atoms with van der Waals surface area (Å²) in [7, 11) is 0. The fourth-order valence-electron chi connectivity index (χ4n) is 2.63. The van der Waals surface area contributed by atoms with Gasteiger partial charge in [-0.15, -0.1) is 0 Å². The second kappa shape index (κ2) is 6.72. The van der Waals surface area contributed by atoms with Crippen LogP contribution in [0.3, 0.4) is 0 Å². The number of hydrogen-bond donors (Lipinski definition) is 0. The maximum Gasteiger partial charge on any atom is 0.267 e. The molecule has 0 radical (unpaired) electrons. The van der Waals surface area contributed by atoms with Crippen LogP contribution in [0.25, 0.3) is 22.6 Å². The van der Waals surface area contributed by atoms with Crippen LogP contribution >= 0.6 is 0 Å². The quantitative estimate of drug-likeness (QED) is 0.565. The van der Waals surface area contributed by atoms with Crippen molar-refractivity contribution in [3.63, 3.8) is 0 Å². The molecule has 128 valence electrons. The lowest BCUT2D eigenvalue weighted by atomic mass is 10.1. The maximum atomic E-state index is 12.2. The van der Waals surface area contributed by atoms with Gasteiger partial charge in [0, 0.05) is 36.5 Å². The van der Waals surface area contributed by atoms with E-state index >= 15 is 0 Å². The number of aromatic nitrogens is 5. The molecule has 1 aromatic carbocycles. The monoisotopic (exact) mass is 345 g/mol. The zero-order valence-corrected chi connectivity index (χ0v) is 14.0. The Kier molecular flexibility index (Phi) is 4.10. The normalized spacial score (nSPS) is 10.8. The number of pyridine rings is 1. The summed E-state index contributed by atoms with van der Waals surface area (Å²) < 4.78 is 6.46.